The number of unbranched alkanes of at least 4 members (excludes halogenated alkanes) is 2. The van der Waals surface area contributed by atoms with Crippen LogP contribution in [0.15, 0.2) is 48.6 Å². The van der Waals surface area contributed by atoms with Gasteiger partial charge in [-0.25, -0.2) is 0 Å². The lowest BCUT2D eigenvalue weighted by atomic mass is 10.1. The standard InChI is InChI=1S/C20H32O3/c1-2-3-16-19(21)17-14-12-10-8-6-4-5-7-9-11-13-15-18-20(22)23/h4-5,8-11,14,17,19,21H,2-3,6-7,12-13,15-16,18H2,1H3,(H,22,23)/t19-/m1/s1. The molecule has 0 saturated carbocycles. The van der Waals surface area contributed by atoms with Crippen LogP contribution in [0.4, 0.5) is 0 Å². The molecule has 0 unspecified atom stereocenters. The highest BCUT2D eigenvalue weighted by atomic mass is 16.4. The van der Waals surface area contributed by atoms with Crippen molar-refractivity contribution in [3.05, 3.63) is 48.6 Å². The maximum absolute atomic E-state index is 10.3. The predicted octanol–water partition coefficient (Wildman–Crippen LogP) is 5.19. The molecule has 0 amide bonds. The minimum absolute atomic E-state index is 0.245. The van der Waals surface area contributed by atoms with E-state index in [2.05, 4.69) is 37.3 Å². The fraction of sp³-hybridized carbons (Fsp3) is 0.550. The van der Waals surface area contributed by atoms with Gasteiger partial charge in [-0.05, 0) is 38.5 Å². The average molecular weight is 320 g/mol. The highest BCUT2D eigenvalue weighted by Crippen LogP contribution is 2.02. The van der Waals surface area contributed by atoms with E-state index in [1.165, 1.54) is 0 Å². The van der Waals surface area contributed by atoms with E-state index in [4.69, 9.17) is 5.11 Å². The largest absolute Gasteiger partial charge is 0.481 e. The van der Waals surface area contributed by atoms with Gasteiger partial charge in [0.2, 0.25) is 0 Å². The molecule has 0 rings (SSSR count). The second-order valence-corrected chi connectivity index (χ2v) is 5.55. The predicted molar refractivity (Wildman–Crippen MR) is 97.4 cm³/mol. The molecular weight excluding hydrogens is 288 g/mol. The number of carboxylic acids is 1. The normalized spacial score (nSPS) is 13.8. The van der Waals surface area contributed by atoms with E-state index in [0.717, 1.165) is 44.9 Å². The molecule has 2 N–H and O–H groups in total. The van der Waals surface area contributed by atoms with Gasteiger partial charge in [0, 0.05) is 6.42 Å². The molecule has 0 aliphatic rings. The highest BCUT2D eigenvalue weighted by Gasteiger charge is 1.95. The number of carbonyl (C=O) groups is 1. The monoisotopic (exact) mass is 320 g/mol. The number of hydrogen-bond acceptors (Lipinski definition) is 2. The van der Waals surface area contributed by atoms with Gasteiger partial charge in [-0.15, -0.1) is 0 Å². The van der Waals surface area contributed by atoms with Crippen molar-refractivity contribution in [3.63, 3.8) is 0 Å². The topological polar surface area (TPSA) is 57.5 Å². The molecule has 0 fully saturated rings. The second kappa shape index (κ2) is 16.8. The number of carboxylic acid groups (broad SMARTS) is 1. The number of aliphatic hydroxyl groups excluding tert-OH is 1. The summed E-state index contributed by atoms with van der Waals surface area (Å²) < 4.78 is 0. The Labute approximate surface area is 141 Å². The third-order valence-electron chi connectivity index (χ3n) is 3.29. The molecule has 0 aromatic heterocycles. The maximum Gasteiger partial charge on any atom is 0.303 e. The molecule has 0 saturated heterocycles. The third kappa shape index (κ3) is 18.3. The summed E-state index contributed by atoms with van der Waals surface area (Å²) in [6.45, 7) is 2.13. The molecule has 0 spiro atoms. The van der Waals surface area contributed by atoms with E-state index >= 15 is 0 Å². The van der Waals surface area contributed by atoms with E-state index in [1.54, 1.807) is 0 Å². The van der Waals surface area contributed by atoms with Gasteiger partial charge in [-0.2, -0.15) is 0 Å². The zero-order valence-electron chi connectivity index (χ0n) is 14.4. The number of aliphatic carboxylic acids is 1. The smallest absolute Gasteiger partial charge is 0.303 e. The molecule has 130 valence electrons. The Morgan fingerprint density at radius 3 is 2.04 bits per heavy atom. The Bertz CT molecular complexity index is 392. The van der Waals surface area contributed by atoms with Crippen molar-refractivity contribution in [2.45, 2.75) is 70.8 Å². The van der Waals surface area contributed by atoms with Crippen LogP contribution in [0.25, 0.3) is 0 Å². The third-order valence-corrected chi connectivity index (χ3v) is 3.29. The summed E-state index contributed by atoms with van der Waals surface area (Å²) in [6, 6.07) is 0. The molecule has 1 atom stereocenters. The summed E-state index contributed by atoms with van der Waals surface area (Å²) in [5, 5.41) is 18.1. The fourth-order valence-electron chi connectivity index (χ4n) is 1.95. The Hall–Kier alpha value is -1.61. The second-order valence-electron chi connectivity index (χ2n) is 5.55. The van der Waals surface area contributed by atoms with Crippen molar-refractivity contribution in [3.8, 4) is 0 Å². The summed E-state index contributed by atoms with van der Waals surface area (Å²) in [5.74, 6) is -0.726. The molecule has 0 heterocycles. The minimum Gasteiger partial charge on any atom is -0.481 e. The molecule has 0 aliphatic heterocycles. The average Bonchev–Trinajstić information content (AvgIpc) is 2.52. The number of hydrogen-bond donors (Lipinski definition) is 2. The summed E-state index contributed by atoms with van der Waals surface area (Å²) >= 11 is 0. The van der Waals surface area contributed by atoms with Crippen molar-refractivity contribution in [1.82, 2.24) is 0 Å². The van der Waals surface area contributed by atoms with Gasteiger partial charge in [0.25, 0.3) is 0 Å². The zero-order valence-corrected chi connectivity index (χ0v) is 14.4. The van der Waals surface area contributed by atoms with Gasteiger partial charge in [-0.1, -0.05) is 68.4 Å². The molecule has 0 aliphatic carbocycles. The maximum atomic E-state index is 10.3. The Morgan fingerprint density at radius 1 is 0.913 bits per heavy atom. The molecule has 3 heteroatoms. The van der Waals surface area contributed by atoms with Crippen LogP contribution in [-0.4, -0.2) is 22.3 Å². The van der Waals surface area contributed by atoms with Crippen molar-refractivity contribution in [1.29, 1.82) is 0 Å². The van der Waals surface area contributed by atoms with Crippen LogP contribution in [0.3, 0.4) is 0 Å². The molecule has 0 bridgehead atoms. The van der Waals surface area contributed by atoms with E-state index in [1.807, 2.05) is 18.2 Å². The van der Waals surface area contributed by atoms with Gasteiger partial charge < -0.3 is 10.2 Å². The van der Waals surface area contributed by atoms with Crippen LogP contribution in [-0.2, 0) is 4.79 Å². The Morgan fingerprint density at radius 2 is 1.48 bits per heavy atom. The number of allylic oxidation sites excluding steroid dienone is 7. The summed E-state index contributed by atoms with van der Waals surface area (Å²) in [5.41, 5.74) is 0. The van der Waals surface area contributed by atoms with Crippen molar-refractivity contribution >= 4 is 5.97 Å². The summed E-state index contributed by atoms with van der Waals surface area (Å²) in [4.78, 5) is 10.3. The van der Waals surface area contributed by atoms with Gasteiger partial charge in [0.1, 0.15) is 0 Å². The quantitative estimate of drug-likeness (QED) is 0.342. The van der Waals surface area contributed by atoms with Gasteiger partial charge >= 0.3 is 5.97 Å². The first-order valence-electron chi connectivity index (χ1n) is 8.68. The number of rotatable bonds is 14. The van der Waals surface area contributed by atoms with E-state index in [-0.39, 0.29) is 12.5 Å². The summed E-state index contributed by atoms with van der Waals surface area (Å²) in [6.07, 6.45) is 23.7. The molecule has 23 heavy (non-hydrogen) atoms. The lowest BCUT2D eigenvalue weighted by Crippen LogP contribution is -2.00. The van der Waals surface area contributed by atoms with E-state index < -0.39 is 5.97 Å². The van der Waals surface area contributed by atoms with Crippen LogP contribution >= 0.6 is 0 Å². The highest BCUT2D eigenvalue weighted by molar-refractivity contribution is 5.66. The SMILES string of the molecule is CCCC[C@@H](O)C=CCC=CCC=CCC=CCCCC(=O)O. The van der Waals surface area contributed by atoms with Gasteiger partial charge in [0.15, 0.2) is 0 Å². The number of aliphatic hydroxyl groups is 1. The van der Waals surface area contributed by atoms with Crippen LogP contribution < -0.4 is 0 Å². The van der Waals surface area contributed by atoms with Gasteiger partial charge in [0.05, 0.1) is 6.10 Å². The van der Waals surface area contributed by atoms with Crippen LogP contribution in [0.5, 0.6) is 0 Å². The minimum atomic E-state index is -0.726. The first-order chi connectivity index (χ1) is 11.2. The molecule has 3 nitrogen and oxygen atoms in total. The van der Waals surface area contributed by atoms with Crippen molar-refractivity contribution < 1.29 is 15.0 Å². The molecular formula is C20H32O3. The van der Waals surface area contributed by atoms with E-state index in [9.17, 15) is 9.90 Å². The zero-order chi connectivity index (χ0) is 17.2. The van der Waals surface area contributed by atoms with Crippen molar-refractivity contribution in [2.24, 2.45) is 0 Å². The Balaban J connectivity index is 3.53. The van der Waals surface area contributed by atoms with Crippen molar-refractivity contribution in [2.75, 3.05) is 0 Å². The lowest BCUT2D eigenvalue weighted by molar-refractivity contribution is -0.137. The van der Waals surface area contributed by atoms with E-state index in [0.29, 0.717) is 6.42 Å². The Kier molecular flexibility index (Phi) is 15.6. The lowest BCUT2D eigenvalue weighted by Gasteiger charge is -2.02. The van der Waals surface area contributed by atoms with Crippen LogP contribution in [0.1, 0.15) is 64.7 Å². The first kappa shape index (κ1) is 21.4. The van der Waals surface area contributed by atoms with Crippen LogP contribution in [0.2, 0.25) is 0 Å². The fourth-order valence-corrected chi connectivity index (χ4v) is 1.95. The van der Waals surface area contributed by atoms with Crippen LogP contribution in [0, 0.1) is 0 Å². The first-order valence-corrected chi connectivity index (χ1v) is 8.68. The molecule has 0 radical (unpaired) electrons. The molecule has 0 aromatic rings. The summed E-state index contributed by atoms with van der Waals surface area (Å²) in [7, 11) is 0. The van der Waals surface area contributed by atoms with Gasteiger partial charge in [-0.3, -0.25) is 4.79 Å². The molecule has 0 aromatic carbocycles.